The molecule has 1 aromatic rings. The first-order chi connectivity index (χ1) is 12.4. The predicted octanol–water partition coefficient (Wildman–Crippen LogP) is 2.44. The fourth-order valence-electron chi connectivity index (χ4n) is 4.08. The average molecular weight is 398 g/mol. The number of rotatable bonds is 5. The van der Waals surface area contributed by atoms with Crippen LogP contribution >= 0.6 is 12.4 Å². The summed E-state index contributed by atoms with van der Waals surface area (Å²) in [5.41, 5.74) is 0.904. The van der Waals surface area contributed by atoms with Crippen molar-refractivity contribution in [1.29, 1.82) is 0 Å². The van der Waals surface area contributed by atoms with Crippen molar-refractivity contribution in [3.05, 3.63) is 17.7 Å². The van der Waals surface area contributed by atoms with Gasteiger partial charge in [-0.05, 0) is 37.8 Å². The normalized spacial score (nSPS) is 23.2. The van der Waals surface area contributed by atoms with E-state index in [0.29, 0.717) is 34.8 Å². The van der Waals surface area contributed by atoms with E-state index in [4.69, 9.17) is 9.47 Å². The summed E-state index contributed by atoms with van der Waals surface area (Å²) in [7, 11) is 4.87. The number of hydrogen-bond donors (Lipinski definition) is 2. The highest BCUT2D eigenvalue weighted by Gasteiger charge is 2.36. The SMILES string of the molecule is COc1cc(C(=O)N(C)C2CC3CCC(C2)N3)cc(NC(C)=O)c1OC.Cl. The topological polar surface area (TPSA) is 79.9 Å². The van der Waals surface area contributed by atoms with Crippen molar-refractivity contribution in [3.8, 4) is 11.5 Å². The summed E-state index contributed by atoms with van der Waals surface area (Å²) in [6.07, 6.45) is 4.33. The van der Waals surface area contributed by atoms with Crippen LogP contribution in [-0.4, -0.2) is 56.1 Å². The third-order valence-corrected chi connectivity index (χ3v) is 5.35. The van der Waals surface area contributed by atoms with E-state index in [2.05, 4.69) is 10.6 Å². The first-order valence-electron chi connectivity index (χ1n) is 8.99. The number of benzene rings is 1. The number of methoxy groups -OCH3 is 2. The molecular weight excluding hydrogens is 370 g/mol. The maximum Gasteiger partial charge on any atom is 0.254 e. The van der Waals surface area contributed by atoms with Crippen molar-refractivity contribution < 1.29 is 19.1 Å². The van der Waals surface area contributed by atoms with Gasteiger partial charge in [-0.2, -0.15) is 0 Å². The Morgan fingerprint density at radius 1 is 1.15 bits per heavy atom. The number of amides is 2. The Morgan fingerprint density at radius 3 is 2.30 bits per heavy atom. The third-order valence-electron chi connectivity index (χ3n) is 5.35. The number of piperidine rings is 1. The van der Waals surface area contributed by atoms with E-state index < -0.39 is 0 Å². The highest BCUT2D eigenvalue weighted by Crippen LogP contribution is 2.37. The van der Waals surface area contributed by atoms with Crippen molar-refractivity contribution in [2.24, 2.45) is 0 Å². The molecule has 2 aliphatic heterocycles. The molecule has 2 aliphatic rings. The third kappa shape index (κ3) is 4.47. The van der Waals surface area contributed by atoms with Crippen LogP contribution in [0.3, 0.4) is 0 Å². The van der Waals surface area contributed by atoms with Gasteiger partial charge in [0.2, 0.25) is 5.91 Å². The van der Waals surface area contributed by atoms with E-state index in [0.717, 1.165) is 12.8 Å². The summed E-state index contributed by atoms with van der Waals surface area (Å²) in [6.45, 7) is 1.41. The van der Waals surface area contributed by atoms with E-state index in [1.807, 2.05) is 11.9 Å². The van der Waals surface area contributed by atoms with Gasteiger partial charge in [0.1, 0.15) is 0 Å². The van der Waals surface area contributed by atoms with Crippen LogP contribution < -0.4 is 20.1 Å². The number of ether oxygens (including phenoxy) is 2. The van der Waals surface area contributed by atoms with E-state index >= 15 is 0 Å². The molecule has 1 aromatic carbocycles. The Hall–Kier alpha value is -1.99. The number of hydrogen-bond acceptors (Lipinski definition) is 5. The number of nitrogens with zero attached hydrogens (tertiary/aromatic N) is 1. The molecule has 2 heterocycles. The van der Waals surface area contributed by atoms with Gasteiger partial charge in [0.15, 0.2) is 11.5 Å². The largest absolute Gasteiger partial charge is 0.493 e. The molecule has 0 aromatic heterocycles. The molecule has 2 N–H and O–H groups in total. The molecule has 7 nitrogen and oxygen atoms in total. The highest BCUT2D eigenvalue weighted by atomic mass is 35.5. The van der Waals surface area contributed by atoms with Gasteiger partial charge < -0.3 is 25.0 Å². The lowest BCUT2D eigenvalue weighted by molar-refractivity contribution is -0.114. The van der Waals surface area contributed by atoms with Gasteiger partial charge in [0, 0.05) is 37.7 Å². The number of nitrogens with one attached hydrogen (secondary N) is 2. The standard InChI is InChI=1S/C19H27N3O4.ClH/c1-11(23)20-16-7-12(8-17(25-3)18(16)26-4)19(24)22(2)15-9-13-5-6-14(10-15)21-13;/h7-8,13-15,21H,5-6,9-10H2,1-4H3,(H,20,23);1H. The average Bonchev–Trinajstić information content (AvgIpc) is 2.96. The molecule has 2 amide bonds. The van der Waals surface area contributed by atoms with Gasteiger partial charge in [-0.25, -0.2) is 0 Å². The maximum atomic E-state index is 13.1. The molecule has 0 saturated carbocycles. The Bertz CT molecular complexity index is 700. The minimum Gasteiger partial charge on any atom is -0.493 e. The first-order valence-corrected chi connectivity index (χ1v) is 8.99. The zero-order chi connectivity index (χ0) is 18.8. The molecule has 150 valence electrons. The molecule has 8 heteroatoms. The van der Waals surface area contributed by atoms with Crippen LogP contribution in [0, 0.1) is 0 Å². The van der Waals surface area contributed by atoms with Gasteiger partial charge in [0.25, 0.3) is 5.91 Å². The lowest BCUT2D eigenvalue weighted by atomic mass is 9.98. The minimum absolute atomic E-state index is 0. The molecule has 0 spiro atoms. The number of anilines is 1. The number of carbonyl (C=O) groups excluding carboxylic acids is 2. The second-order valence-electron chi connectivity index (χ2n) is 7.12. The van der Waals surface area contributed by atoms with Crippen molar-refractivity contribution in [3.63, 3.8) is 0 Å². The van der Waals surface area contributed by atoms with Crippen LogP contribution in [0.5, 0.6) is 11.5 Å². The Balaban J connectivity index is 0.00000261. The van der Waals surface area contributed by atoms with E-state index in [1.165, 1.54) is 34.0 Å². The zero-order valence-electron chi connectivity index (χ0n) is 16.2. The molecule has 2 atom stereocenters. The molecule has 2 fully saturated rings. The summed E-state index contributed by atoms with van der Waals surface area (Å²) in [5, 5.41) is 6.31. The monoisotopic (exact) mass is 397 g/mol. The van der Waals surface area contributed by atoms with E-state index in [1.54, 1.807) is 12.1 Å². The second kappa shape index (κ2) is 8.80. The molecule has 2 bridgehead atoms. The Morgan fingerprint density at radius 2 is 1.78 bits per heavy atom. The maximum absolute atomic E-state index is 13.1. The van der Waals surface area contributed by atoms with Crippen molar-refractivity contribution in [1.82, 2.24) is 10.2 Å². The van der Waals surface area contributed by atoms with Gasteiger partial charge in [-0.3, -0.25) is 9.59 Å². The Labute approximate surface area is 166 Å². The van der Waals surface area contributed by atoms with Crippen LogP contribution in [0.1, 0.15) is 43.0 Å². The molecular formula is C19H28ClN3O4. The molecule has 3 rings (SSSR count). The second-order valence-corrected chi connectivity index (χ2v) is 7.12. The number of halogens is 1. The van der Waals surface area contributed by atoms with Crippen molar-refractivity contribution in [2.45, 2.75) is 50.7 Å². The molecule has 0 aliphatic carbocycles. The highest BCUT2D eigenvalue weighted by molar-refractivity contribution is 5.99. The van der Waals surface area contributed by atoms with Crippen LogP contribution in [0.2, 0.25) is 0 Å². The van der Waals surface area contributed by atoms with Crippen LogP contribution in [0.15, 0.2) is 12.1 Å². The lowest BCUT2D eigenvalue weighted by Gasteiger charge is -2.35. The number of carbonyl (C=O) groups is 2. The van der Waals surface area contributed by atoms with E-state index in [-0.39, 0.29) is 30.3 Å². The van der Waals surface area contributed by atoms with Gasteiger partial charge >= 0.3 is 0 Å². The smallest absolute Gasteiger partial charge is 0.254 e. The zero-order valence-corrected chi connectivity index (χ0v) is 17.0. The molecule has 2 unspecified atom stereocenters. The van der Waals surface area contributed by atoms with Crippen molar-refractivity contribution in [2.75, 3.05) is 26.6 Å². The summed E-state index contributed by atoms with van der Waals surface area (Å²) in [4.78, 5) is 26.4. The summed E-state index contributed by atoms with van der Waals surface area (Å²) >= 11 is 0. The molecule has 2 saturated heterocycles. The van der Waals surface area contributed by atoms with Crippen LogP contribution in [0.4, 0.5) is 5.69 Å². The minimum atomic E-state index is -0.238. The summed E-state index contributed by atoms with van der Waals surface area (Å²) < 4.78 is 10.7. The fourth-order valence-corrected chi connectivity index (χ4v) is 4.08. The summed E-state index contributed by atoms with van der Waals surface area (Å²) in [6, 6.07) is 4.55. The number of fused-ring (bicyclic) bond motifs is 2. The van der Waals surface area contributed by atoms with Crippen LogP contribution in [0.25, 0.3) is 0 Å². The summed E-state index contributed by atoms with van der Waals surface area (Å²) in [5.74, 6) is 0.504. The van der Waals surface area contributed by atoms with Gasteiger partial charge in [0.05, 0.1) is 19.9 Å². The molecule has 27 heavy (non-hydrogen) atoms. The quantitative estimate of drug-likeness (QED) is 0.797. The fraction of sp³-hybridized carbons (Fsp3) is 0.579. The Kier molecular flexibility index (Phi) is 6.95. The van der Waals surface area contributed by atoms with Crippen LogP contribution in [-0.2, 0) is 4.79 Å². The van der Waals surface area contributed by atoms with Gasteiger partial charge in [-0.1, -0.05) is 0 Å². The van der Waals surface area contributed by atoms with Crippen molar-refractivity contribution >= 4 is 29.9 Å². The van der Waals surface area contributed by atoms with E-state index in [9.17, 15) is 9.59 Å². The molecule has 0 radical (unpaired) electrons. The first kappa shape index (κ1) is 21.3. The van der Waals surface area contributed by atoms with Gasteiger partial charge in [-0.15, -0.1) is 12.4 Å². The predicted molar refractivity (Wildman–Crippen MR) is 106 cm³/mol. The lowest BCUT2D eigenvalue weighted by Crippen LogP contribution is -2.48.